The Balaban J connectivity index is 0.000000188. The summed E-state index contributed by atoms with van der Waals surface area (Å²) < 4.78 is 53.0. The van der Waals surface area contributed by atoms with Crippen molar-refractivity contribution in [3.8, 4) is 0 Å². The van der Waals surface area contributed by atoms with Gasteiger partial charge in [-0.15, -0.1) is 0 Å². The zero-order chi connectivity index (χ0) is 33.9. The minimum atomic E-state index is -0.742. The van der Waals surface area contributed by atoms with Crippen LogP contribution >= 0.6 is 0 Å². The molecule has 4 fully saturated rings. The average Bonchev–Trinajstić information content (AvgIpc) is 3.12. The van der Waals surface area contributed by atoms with E-state index in [1.54, 1.807) is 12.1 Å². The minimum Gasteiger partial charge on any atom is -0.204 e. The molecule has 0 aromatic heterocycles. The van der Waals surface area contributed by atoms with Gasteiger partial charge in [0.25, 0.3) is 0 Å². The number of rotatable bonds is 9. The molecule has 0 unspecified atom stereocenters. The number of hydrogen-bond donors (Lipinski definition) is 0. The summed E-state index contributed by atoms with van der Waals surface area (Å²) in [5.74, 6) is 3.16. The third-order valence-electron chi connectivity index (χ3n) is 12.9. The van der Waals surface area contributed by atoms with E-state index in [-0.39, 0.29) is 0 Å². The molecule has 0 amide bonds. The Kier molecular flexibility index (Phi) is 14.5. The molecule has 0 nitrogen and oxygen atoms in total. The fourth-order valence-corrected chi connectivity index (χ4v) is 9.85. The van der Waals surface area contributed by atoms with Gasteiger partial charge in [0.1, 0.15) is 0 Å². The van der Waals surface area contributed by atoms with Gasteiger partial charge in [-0.1, -0.05) is 76.7 Å². The van der Waals surface area contributed by atoms with Crippen LogP contribution in [0.3, 0.4) is 0 Å². The van der Waals surface area contributed by atoms with E-state index in [2.05, 4.69) is 26.0 Å². The van der Waals surface area contributed by atoms with E-state index >= 15 is 0 Å². The molecule has 0 spiro atoms. The van der Waals surface area contributed by atoms with Crippen LogP contribution < -0.4 is 0 Å². The van der Waals surface area contributed by atoms with E-state index in [0.29, 0.717) is 17.8 Å². The fraction of sp³-hybridized carbons (Fsp3) is 0.682. The van der Waals surface area contributed by atoms with E-state index in [4.69, 9.17) is 0 Å². The number of halogens is 4. The third kappa shape index (κ3) is 10.7. The summed E-state index contributed by atoms with van der Waals surface area (Å²) in [6, 6.07) is 8.89. The molecule has 0 bridgehead atoms. The Hall–Kier alpha value is -2.10. The standard InChI is InChI=1S/C23H32F2.C21H30F2/c1-2-3-17-4-6-18(7-5-17)8-9-19-10-12-20(13-11-19)21-14-15-22(24)23(25)16-21;1-2-3-15-4-6-16(7-5-15)17-8-10-18(11-9-17)19-12-13-20(22)21(23)14-19/h8-9,14-20H,2-7,10-13H2,1H3;12-18H,2-11H2,1H3/b9-8+;. The first kappa shape index (κ1) is 37.2. The van der Waals surface area contributed by atoms with E-state index < -0.39 is 23.3 Å². The van der Waals surface area contributed by atoms with Gasteiger partial charge in [0.15, 0.2) is 23.3 Å². The lowest BCUT2D eigenvalue weighted by atomic mass is 9.68. The van der Waals surface area contributed by atoms with Crippen molar-refractivity contribution in [1.82, 2.24) is 0 Å². The van der Waals surface area contributed by atoms with Crippen LogP contribution in [0, 0.1) is 58.8 Å². The molecule has 2 aromatic rings. The van der Waals surface area contributed by atoms with Crippen LogP contribution in [0.2, 0.25) is 0 Å². The molecule has 4 aliphatic carbocycles. The van der Waals surface area contributed by atoms with Gasteiger partial charge in [-0.05, 0) is 173 Å². The summed E-state index contributed by atoms with van der Waals surface area (Å²) in [6.45, 7) is 4.59. The molecule has 2 aromatic carbocycles. The van der Waals surface area contributed by atoms with Crippen molar-refractivity contribution < 1.29 is 17.6 Å². The van der Waals surface area contributed by atoms with Gasteiger partial charge < -0.3 is 0 Å². The molecule has 0 N–H and O–H groups in total. The number of hydrogen-bond acceptors (Lipinski definition) is 0. The van der Waals surface area contributed by atoms with E-state index in [1.807, 2.05) is 0 Å². The van der Waals surface area contributed by atoms with Gasteiger partial charge in [0.2, 0.25) is 0 Å². The van der Waals surface area contributed by atoms with Gasteiger partial charge in [-0.3, -0.25) is 0 Å². The summed E-state index contributed by atoms with van der Waals surface area (Å²) in [5.41, 5.74) is 1.96. The van der Waals surface area contributed by atoms with Crippen LogP contribution in [0.15, 0.2) is 48.6 Å². The van der Waals surface area contributed by atoms with Crippen molar-refractivity contribution in [3.05, 3.63) is 82.9 Å². The van der Waals surface area contributed by atoms with Crippen LogP contribution in [0.4, 0.5) is 17.6 Å². The molecular weight excluding hydrogens is 604 g/mol. The lowest BCUT2D eigenvalue weighted by Crippen LogP contribution is -2.25. The SMILES string of the molecule is CCCC1CCC(/C=C/C2CCC(c3ccc(F)c(F)c3)CC2)CC1.CCCC1CCC(C2CCC(c3ccc(F)c(F)c3)CC2)CC1. The van der Waals surface area contributed by atoms with E-state index in [0.717, 1.165) is 66.4 Å². The molecule has 266 valence electrons. The highest BCUT2D eigenvalue weighted by atomic mass is 19.2. The van der Waals surface area contributed by atoms with Crippen LogP contribution in [0.5, 0.6) is 0 Å². The zero-order valence-corrected chi connectivity index (χ0v) is 29.9. The van der Waals surface area contributed by atoms with Crippen molar-refractivity contribution in [2.24, 2.45) is 35.5 Å². The number of benzene rings is 2. The topological polar surface area (TPSA) is 0 Å². The Morgan fingerprint density at radius 3 is 1.21 bits per heavy atom. The van der Waals surface area contributed by atoms with E-state index in [1.165, 1.54) is 127 Å². The molecule has 0 aliphatic heterocycles. The second-order valence-electron chi connectivity index (χ2n) is 16.1. The summed E-state index contributed by atoms with van der Waals surface area (Å²) in [4.78, 5) is 0. The molecule has 4 aliphatic rings. The van der Waals surface area contributed by atoms with Gasteiger partial charge in [-0.2, -0.15) is 0 Å². The van der Waals surface area contributed by atoms with Gasteiger partial charge >= 0.3 is 0 Å². The molecule has 0 heterocycles. The molecule has 0 radical (unpaired) electrons. The maximum atomic E-state index is 13.4. The second kappa shape index (κ2) is 18.8. The lowest BCUT2D eigenvalue weighted by Gasteiger charge is -2.38. The first-order valence-electron chi connectivity index (χ1n) is 19.9. The lowest BCUT2D eigenvalue weighted by molar-refractivity contribution is 0.156. The van der Waals surface area contributed by atoms with Crippen molar-refractivity contribution in [1.29, 1.82) is 0 Å². The summed E-state index contributed by atoms with van der Waals surface area (Å²) in [6.07, 6.45) is 31.0. The van der Waals surface area contributed by atoms with Crippen LogP contribution in [-0.2, 0) is 0 Å². The minimum absolute atomic E-state index is 0.393. The summed E-state index contributed by atoms with van der Waals surface area (Å²) in [7, 11) is 0. The van der Waals surface area contributed by atoms with Crippen molar-refractivity contribution in [2.45, 2.75) is 154 Å². The van der Waals surface area contributed by atoms with Crippen LogP contribution in [0.1, 0.15) is 165 Å². The maximum absolute atomic E-state index is 13.4. The van der Waals surface area contributed by atoms with Crippen molar-refractivity contribution in [3.63, 3.8) is 0 Å². The molecule has 4 heteroatoms. The molecular formula is C44H62F4. The normalized spacial score (nSPS) is 31.3. The highest BCUT2D eigenvalue weighted by Crippen LogP contribution is 2.45. The van der Waals surface area contributed by atoms with Crippen LogP contribution in [0.25, 0.3) is 0 Å². The first-order valence-corrected chi connectivity index (χ1v) is 19.9. The molecule has 0 atom stereocenters. The second-order valence-corrected chi connectivity index (χ2v) is 16.1. The fourth-order valence-electron chi connectivity index (χ4n) is 9.85. The first-order chi connectivity index (χ1) is 23.3. The summed E-state index contributed by atoms with van der Waals surface area (Å²) >= 11 is 0. The number of allylic oxidation sites excluding steroid dienone is 2. The molecule has 0 saturated heterocycles. The molecule has 4 saturated carbocycles. The van der Waals surface area contributed by atoms with Crippen LogP contribution in [-0.4, -0.2) is 0 Å². The third-order valence-corrected chi connectivity index (χ3v) is 12.9. The largest absolute Gasteiger partial charge is 0.204 e. The highest BCUT2D eigenvalue weighted by Gasteiger charge is 2.31. The highest BCUT2D eigenvalue weighted by molar-refractivity contribution is 5.23. The Bertz CT molecular complexity index is 1250. The zero-order valence-electron chi connectivity index (χ0n) is 29.9. The Morgan fingerprint density at radius 2 is 0.812 bits per heavy atom. The molecule has 48 heavy (non-hydrogen) atoms. The van der Waals surface area contributed by atoms with Gasteiger partial charge in [0, 0.05) is 0 Å². The monoisotopic (exact) mass is 666 g/mol. The Labute approximate surface area is 289 Å². The maximum Gasteiger partial charge on any atom is 0.159 e. The quantitative estimate of drug-likeness (QED) is 0.185. The van der Waals surface area contributed by atoms with E-state index in [9.17, 15) is 17.6 Å². The van der Waals surface area contributed by atoms with Crippen molar-refractivity contribution in [2.75, 3.05) is 0 Å². The summed E-state index contributed by atoms with van der Waals surface area (Å²) in [5, 5.41) is 0. The average molecular weight is 667 g/mol. The van der Waals surface area contributed by atoms with Gasteiger partial charge in [-0.25, -0.2) is 17.6 Å². The predicted molar refractivity (Wildman–Crippen MR) is 192 cm³/mol. The van der Waals surface area contributed by atoms with Gasteiger partial charge in [0.05, 0.1) is 0 Å². The molecule has 6 rings (SSSR count). The Morgan fingerprint density at radius 1 is 0.458 bits per heavy atom. The smallest absolute Gasteiger partial charge is 0.159 e. The van der Waals surface area contributed by atoms with Crippen molar-refractivity contribution >= 4 is 0 Å². The predicted octanol–water partition coefficient (Wildman–Crippen LogP) is 14.2.